The number of ether oxygens (including phenoxy) is 3. The number of halogens is 26. The summed E-state index contributed by atoms with van der Waals surface area (Å²) in [6, 6.07) is 4.61. The van der Waals surface area contributed by atoms with Crippen molar-refractivity contribution in [1.82, 2.24) is 0 Å². The summed E-state index contributed by atoms with van der Waals surface area (Å²) in [5.74, 6) is -79.8. The molecule has 0 amide bonds. The molecule has 1 heterocycles. The summed E-state index contributed by atoms with van der Waals surface area (Å²) in [6.07, 6.45) is -29.2. The van der Waals surface area contributed by atoms with Crippen molar-refractivity contribution < 1.29 is 128 Å². The van der Waals surface area contributed by atoms with Crippen LogP contribution in [0, 0.1) is 5.41 Å². The van der Waals surface area contributed by atoms with E-state index in [-0.39, 0.29) is 11.3 Å². The highest BCUT2D eigenvalue weighted by molar-refractivity contribution is 5.29. The molecule has 0 spiro atoms. The summed E-state index contributed by atoms with van der Waals surface area (Å²) in [5, 5.41) is 0. The smallest absolute Gasteiger partial charge is 0.460 e. The van der Waals surface area contributed by atoms with Gasteiger partial charge >= 0.3 is 71.6 Å². The van der Waals surface area contributed by atoms with Crippen LogP contribution in [0.5, 0.6) is 5.75 Å². The fourth-order valence-electron chi connectivity index (χ4n) is 4.97. The molecule has 3 nitrogen and oxygen atoms in total. The topological polar surface area (TPSA) is 27.7 Å². The molecule has 1 aromatic carbocycles. The molecule has 0 radical (unpaired) electrons. The summed E-state index contributed by atoms with van der Waals surface area (Å²) in [5.41, 5.74) is -3.44. The molecular formula is C29H24F26O3. The zero-order chi connectivity index (χ0) is 46.0. The van der Waals surface area contributed by atoms with Crippen molar-refractivity contribution in [2.45, 2.75) is 124 Å². The number of rotatable bonds is 17. The minimum atomic E-state index is -8.40. The lowest BCUT2D eigenvalue weighted by molar-refractivity contribution is -0.441. The lowest BCUT2D eigenvalue weighted by atomic mass is 9.76. The van der Waals surface area contributed by atoms with Crippen LogP contribution < -0.4 is 4.74 Å². The van der Waals surface area contributed by atoms with E-state index in [0.29, 0.717) is 0 Å². The fourth-order valence-corrected chi connectivity index (χ4v) is 4.97. The van der Waals surface area contributed by atoms with Crippen LogP contribution in [0.2, 0.25) is 0 Å². The van der Waals surface area contributed by atoms with Gasteiger partial charge in [-0.3, -0.25) is 0 Å². The highest BCUT2D eigenvalue weighted by Crippen LogP contribution is 2.63. The van der Waals surface area contributed by atoms with Gasteiger partial charge in [0.1, 0.15) is 5.75 Å². The van der Waals surface area contributed by atoms with E-state index >= 15 is 0 Å². The molecule has 1 aromatic rings. The van der Waals surface area contributed by atoms with Crippen molar-refractivity contribution in [2.75, 3.05) is 13.2 Å². The molecule has 0 aromatic heterocycles. The summed E-state index contributed by atoms with van der Waals surface area (Å²) in [7, 11) is 0. The van der Waals surface area contributed by atoms with Crippen molar-refractivity contribution in [1.29, 1.82) is 0 Å². The molecule has 58 heavy (non-hydrogen) atoms. The Kier molecular flexibility index (Phi) is 13.5. The second-order valence-electron chi connectivity index (χ2n) is 13.2. The van der Waals surface area contributed by atoms with Gasteiger partial charge in [-0.15, -0.1) is 0 Å². The molecule has 1 fully saturated rings. The van der Waals surface area contributed by atoms with Crippen molar-refractivity contribution in [3.8, 4) is 5.75 Å². The zero-order valence-corrected chi connectivity index (χ0v) is 28.3. The van der Waals surface area contributed by atoms with Crippen LogP contribution in [-0.2, 0) is 9.47 Å². The lowest BCUT2D eigenvalue weighted by Crippen LogP contribution is -2.70. The van der Waals surface area contributed by atoms with Crippen LogP contribution >= 0.6 is 0 Å². The van der Waals surface area contributed by atoms with Crippen molar-refractivity contribution >= 4 is 0 Å². The first-order chi connectivity index (χ1) is 25.4. The van der Waals surface area contributed by atoms with Gasteiger partial charge in [-0.1, -0.05) is 12.1 Å². The Morgan fingerprint density at radius 3 is 1.16 bits per heavy atom. The SMILES string of the molecule is CC(C)Oc1cccc(C2OCC(CCC(F)(F)C(F)(F)C(F)(F)C(F)(F)C(F)(F)C(F)(F)F)(CCC(F)(F)C(F)(F)C(F)(F)C(F)(F)C(F)(F)C(F)(F)F)CO2)c1. The number of hydrogen-bond donors (Lipinski definition) is 0. The van der Waals surface area contributed by atoms with Crippen LogP contribution in [0.1, 0.15) is 51.4 Å². The first-order valence-corrected chi connectivity index (χ1v) is 15.3. The summed E-state index contributed by atoms with van der Waals surface area (Å²) in [4.78, 5) is 0. The molecule has 1 aliphatic heterocycles. The predicted molar refractivity (Wildman–Crippen MR) is 139 cm³/mol. The Balaban J connectivity index is 2.60. The first-order valence-electron chi connectivity index (χ1n) is 15.3. The van der Waals surface area contributed by atoms with Gasteiger partial charge in [0, 0.05) is 23.8 Å². The van der Waals surface area contributed by atoms with Crippen LogP contribution in [0.3, 0.4) is 0 Å². The van der Waals surface area contributed by atoms with E-state index in [9.17, 15) is 114 Å². The quantitative estimate of drug-likeness (QED) is 0.146. The Bertz CT molecular complexity index is 1480. The second-order valence-corrected chi connectivity index (χ2v) is 13.2. The van der Waals surface area contributed by atoms with Crippen LogP contribution in [-0.4, -0.2) is 90.9 Å². The maximum atomic E-state index is 14.7. The van der Waals surface area contributed by atoms with Crippen LogP contribution in [0.15, 0.2) is 24.3 Å². The third-order valence-corrected chi connectivity index (χ3v) is 8.52. The average Bonchev–Trinajstić information content (AvgIpc) is 3.05. The molecule has 0 aliphatic carbocycles. The zero-order valence-electron chi connectivity index (χ0n) is 28.3. The van der Waals surface area contributed by atoms with Gasteiger partial charge in [-0.05, 0) is 38.8 Å². The Labute approximate surface area is 306 Å². The molecule has 0 N–H and O–H groups in total. The van der Waals surface area contributed by atoms with Crippen LogP contribution in [0.4, 0.5) is 114 Å². The lowest BCUT2D eigenvalue weighted by Gasteiger charge is -2.44. The van der Waals surface area contributed by atoms with E-state index in [2.05, 4.69) is 0 Å². The third-order valence-electron chi connectivity index (χ3n) is 8.52. The molecule has 0 saturated carbocycles. The number of alkyl halides is 26. The number of hydrogen-bond acceptors (Lipinski definition) is 3. The molecular weight excluding hydrogens is 890 g/mol. The molecule has 29 heteroatoms. The summed E-state index contributed by atoms with van der Waals surface area (Å²) >= 11 is 0. The van der Waals surface area contributed by atoms with E-state index in [1.807, 2.05) is 0 Å². The maximum Gasteiger partial charge on any atom is 0.460 e. The molecule has 2 rings (SSSR count). The standard InChI is InChI=1S/C29H24F26O3/c1-13(2)58-15-5-3-4-14(10-15)16-56-11-17(12-57-16,6-8-18(30,31)20(34,35)22(38,39)24(42,43)26(46,47)28(50,51)52)7-9-19(32,33)21(36,37)23(40,41)25(44,45)27(48,49)29(53,54)55/h3-5,10,13,16H,6-9,11-12H2,1-2H3. The molecule has 1 aliphatic rings. The first kappa shape index (κ1) is 51.3. The largest absolute Gasteiger partial charge is 0.491 e. The van der Waals surface area contributed by atoms with Gasteiger partial charge in [-0.25, -0.2) is 0 Å². The molecule has 0 bridgehead atoms. The monoisotopic (exact) mass is 914 g/mol. The van der Waals surface area contributed by atoms with Gasteiger partial charge in [-0.2, -0.15) is 114 Å². The van der Waals surface area contributed by atoms with Crippen molar-refractivity contribution in [3.63, 3.8) is 0 Å². The Morgan fingerprint density at radius 1 is 0.517 bits per heavy atom. The second kappa shape index (κ2) is 15.2. The predicted octanol–water partition coefficient (Wildman–Crippen LogP) is 12.5. The molecule has 0 atom stereocenters. The van der Waals surface area contributed by atoms with E-state index in [4.69, 9.17) is 14.2 Å². The highest BCUT2D eigenvalue weighted by atomic mass is 19.4. The van der Waals surface area contributed by atoms with Gasteiger partial charge in [0.05, 0.1) is 19.3 Å². The highest BCUT2D eigenvalue weighted by Gasteiger charge is 2.92. The fraction of sp³-hybridized carbons (Fsp3) is 0.793. The molecule has 340 valence electrons. The summed E-state index contributed by atoms with van der Waals surface area (Å²) < 4.78 is 370. The van der Waals surface area contributed by atoms with E-state index in [1.54, 1.807) is 0 Å². The van der Waals surface area contributed by atoms with Gasteiger partial charge in [0.25, 0.3) is 0 Å². The van der Waals surface area contributed by atoms with E-state index in [0.717, 1.165) is 12.1 Å². The molecule has 1 saturated heterocycles. The minimum absolute atomic E-state index is 0.0112. The van der Waals surface area contributed by atoms with Crippen molar-refractivity contribution in [3.05, 3.63) is 29.8 Å². The van der Waals surface area contributed by atoms with Gasteiger partial charge in [0.15, 0.2) is 6.29 Å². The van der Waals surface area contributed by atoms with Gasteiger partial charge < -0.3 is 14.2 Å². The number of benzene rings is 1. The van der Waals surface area contributed by atoms with Gasteiger partial charge in [0.2, 0.25) is 0 Å². The van der Waals surface area contributed by atoms with Crippen LogP contribution in [0.25, 0.3) is 0 Å². The maximum absolute atomic E-state index is 14.7. The average molecular weight is 914 g/mol. The van der Waals surface area contributed by atoms with Crippen molar-refractivity contribution in [2.24, 2.45) is 5.41 Å². The Hall–Kier alpha value is -2.88. The molecule has 0 unspecified atom stereocenters. The van der Waals surface area contributed by atoms with E-state index in [1.165, 1.54) is 26.0 Å². The normalized spacial score (nSPS) is 18.2. The van der Waals surface area contributed by atoms with E-state index < -0.39 is 128 Å². The minimum Gasteiger partial charge on any atom is -0.491 e. The summed E-state index contributed by atoms with van der Waals surface area (Å²) in [6.45, 7) is -0.364. The third kappa shape index (κ3) is 8.39. The Morgan fingerprint density at radius 2 is 0.845 bits per heavy atom.